The summed E-state index contributed by atoms with van der Waals surface area (Å²) in [6.45, 7) is 0. The van der Waals surface area contributed by atoms with E-state index in [1.807, 2.05) is 54.6 Å². The van der Waals surface area contributed by atoms with Crippen molar-refractivity contribution in [1.29, 1.82) is 0 Å². The van der Waals surface area contributed by atoms with Gasteiger partial charge in [0.15, 0.2) is 11.5 Å². The normalized spacial score (nSPS) is 11.1. The van der Waals surface area contributed by atoms with Gasteiger partial charge in [-0.1, -0.05) is 121 Å². The number of hydrogen-bond acceptors (Lipinski definition) is 4. The Balaban J connectivity index is 1.27. The van der Waals surface area contributed by atoms with E-state index >= 15 is 0 Å². The van der Waals surface area contributed by atoms with Crippen molar-refractivity contribution in [2.75, 3.05) is 4.90 Å². The zero-order valence-corrected chi connectivity index (χ0v) is 24.9. The summed E-state index contributed by atoms with van der Waals surface area (Å²) in [6.07, 6.45) is 1.74. The number of fused-ring (bicyclic) bond motifs is 3. The van der Waals surface area contributed by atoms with E-state index in [4.69, 9.17) is 4.98 Å². The molecule has 0 unspecified atom stereocenters. The van der Waals surface area contributed by atoms with Crippen LogP contribution in [-0.4, -0.2) is 14.4 Å². The van der Waals surface area contributed by atoms with Crippen molar-refractivity contribution in [3.8, 4) is 33.6 Å². The van der Waals surface area contributed by atoms with Gasteiger partial charge in [-0.05, 0) is 70.1 Å². The Labute approximate surface area is 266 Å². The SMILES string of the molecule is O=c1nc(-c2cccc(N(c3ccc(-c4ccccc4)cc3)c3cccc(-c4ccccc4)c3)c2)nc2c3ccccc3ccn12. The Morgan fingerprint density at radius 3 is 1.74 bits per heavy atom. The first kappa shape index (κ1) is 27.2. The molecule has 0 radical (unpaired) electrons. The molecule has 0 atom stereocenters. The van der Waals surface area contributed by atoms with Gasteiger partial charge in [-0.25, -0.2) is 9.78 Å². The van der Waals surface area contributed by atoms with Crippen molar-refractivity contribution in [3.05, 3.63) is 180 Å². The predicted molar refractivity (Wildman–Crippen MR) is 188 cm³/mol. The fourth-order valence-corrected chi connectivity index (χ4v) is 5.99. The zero-order chi connectivity index (χ0) is 30.9. The molecule has 5 heteroatoms. The molecule has 218 valence electrons. The Morgan fingerprint density at radius 2 is 1.02 bits per heavy atom. The highest BCUT2D eigenvalue weighted by molar-refractivity contribution is 5.94. The lowest BCUT2D eigenvalue weighted by Gasteiger charge is -2.26. The topological polar surface area (TPSA) is 50.5 Å². The minimum absolute atomic E-state index is 0.361. The molecule has 5 nitrogen and oxygen atoms in total. The number of benzene rings is 6. The first-order chi connectivity index (χ1) is 22.7. The number of hydrogen-bond donors (Lipinski definition) is 0. The van der Waals surface area contributed by atoms with Crippen LogP contribution in [0.4, 0.5) is 17.1 Å². The summed E-state index contributed by atoms with van der Waals surface area (Å²) in [7, 11) is 0. The molecule has 0 fully saturated rings. The first-order valence-corrected chi connectivity index (χ1v) is 15.2. The summed E-state index contributed by atoms with van der Waals surface area (Å²) >= 11 is 0. The van der Waals surface area contributed by atoms with Crippen LogP contribution in [0.1, 0.15) is 0 Å². The molecular weight excluding hydrogens is 564 g/mol. The van der Waals surface area contributed by atoms with Crippen LogP contribution in [0.3, 0.4) is 0 Å². The van der Waals surface area contributed by atoms with Gasteiger partial charge < -0.3 is 4.90 Å². The second-order valence-electron chi connectivity index (χ2n) is 11.1. The van der Waals surface area contributed by atoms with Crippen LogP contribution >= 0.6 is 0 Å². The molecule has 0 aliphatic rings. The maximum Gasteiger partial charge on any atom is 0.355 e. The van der Waals surface area contributed by atoms with E-state index in [-0.39, 0.29) is 5.69 Å². The molecule has 0 amide bonds. The van der Waals surface area contributed by atoms with Gasteiger partial charge in [-0.2, -0.15) is 4.98 Å². The summed E-state index contributed by atoms with van der Waals surface area (Å²) in [6, 6.07) is 55.9. The zero-order valence-electron chi connectivity index (χ0n) is 24.9. The van der Waals surface area contributed by atoms with E-state index in [9.17, 15) is 4.79 Å². The van der Waals surface area contributed by atoms with Crippen molar-refractivity contribution < 1.29 is 0 Å². The van der Waals surface area contributed by atoms with Crippen LogP contribution in [0.5, 0.6) is 0 Å². The second kappa shape index (κ2) is 11.6. The van der Waals surface area contributed by atoms with Gasteiger partial charge in [0, 0.05) is 34.2 Å². The number of rotatable bonds is 6. The van der Waals surface area contributed by atoms with Crippen LogP contribution in [-0.2, 0) is 0 Å². The molecule has 6 aromatic carbocycles. The Hall–Kier alpha value is -6.33. The summed E-state index contributed by atoms with van der Waals surface area (Å²) in [5, 5.41) is 1.92. The largest absolute Gasteiger partial charge is 0.355 e. The summed E-state index contributed by atoms with van der Waals surface area (Å²) in [4.78, 5) is 24.7. The maximum absolute atomic E-state index is 13.2. The molecule has 8 rings (SSSR count). The van der Waals surface area contributed by atoms with Gasteiger partial charge in [0.05, 0.1) is 0 Å². The van der Waals surface area contributed by atoms with Crippen LogP contribution in [0.25, 0.3) is 50.1 Å². The van der Waals surface area contributed by atoms with Crippen molar-refractivity contribution in [2.45, 2.75) is 0 Å². The Morgan fingerprint density at radius 1 is 0.457 bits per heavy atom. The van der Waals surface area contributed by atoms with E-state index in [2.05, 4.69) is 119 Å². The van der Waals surface area contributed by atoms with Crippen LogP contribution in [0, 0.1) is 0 Å². The lowest BCUT2D eigenvalue weighted by Crippen LogP contribution is -2.19. The van der Waals surface area contributed by atoms with Gasteiger partial charge in [-0.15, -0.1) is 0 Å². The molecule has 0 spiro atoms. The van der Waals surface area contributed by atoms with E-state index in [0.29, 0.717) is 11.5 Å². The smallest absolute Gasteiger partial charge is 0.310 e. The molecule has 8 aromatic rings. The number of anilines is 3. The van der Waals surface area contributed by atoms with Gasteiger partial charge in [0.25, 0.3) is 0 Å². The standard InChI is InChI=1S/C41H28N4O/c46-41-43-39(42-40-38-20-8-7-15-32(38)25-26-44(40)41)34-17-10-19-37(28-34)45(35-23-21-31(22-24-35)29-11-3-1-4-12-29)36-18-9-16-33(27-36)30-13-5-2-6-14-30/h1-28H. The molecule has 0 bridgehead atoms. The lowest BCUT2D eigenvalue weighted by molar-refractivity contribution is 0.955. The van der Waals surface area contributed by atoms with Crippen molar-refractivity contribution in [3.63, 3.8) is 0 Å². The van der Waals surface area contributed by atoms with Gasteiger partial charge >= 0.3 is 5.69 Å². The second-order valence-corrected chi connectivity index (χ2v) is 11.1. The highest BCUT2D eigenvalue weighted by Crippen LogP contribution is 2.38. The molecular formula is C41H28N4O. The first-order valence-electron chi connectivity index (χ1n) is 15.2. The van der Waals surface area contributed by atoms with Crippen LogP contribution < -0.4 is 10.6 Å². The van der Waals surface area contributed by atoms with E-state index in [1.54, 1.807) is 6.20 Å². The number of nitrogens with zero attached hydrogens (tertiary/aromatic N) is 4. The monoisotopic (exact) mass is 592 g/mol. The summed E-state index contributed by atoms with van der Waals surface area (Å²) in [5.74, 6) is 0.389. The predicted octanol–water partition coefficient (Wildman–Crippen LogP) is 9.71. The average molecular weight is 593 g/mol. The highest BCUT2D eigenvalue weighted by Gasteiger charge is 2.16. The fraction of sp³-hybridized carbons (Fsp3) is 0. The minimum atomic E-state index is -0.361. The molecule has 0 aliphatic heterocycles. The van der Waals surface area contributed by atoms with Crippen molar-refractivity contribution in [1.82, 2.24) is 14.4 Å². The highest BCUT2D eigenvalue weighted by atomic mass is 16.1. The minimum Gasteiger partial charge on any atom is -0.310 e. The number of pyridine rings is 1. The molecule has 2 heterocycles. The summed E-state index contributed by atoms with van der Waals surface area (Å²) < 4.78 is 1.51. The Kier molecular flexibility index (Phi) is 6.89. The third-order valence-electron chi connectivity index (χ3n) is 8.26. The quantitative estimate of drug-likeness (QED) is 0.180. The van der Waals surface area contributed by atoms with E-state index in [1.165, 1.54) is 9.96 Å². The number of aromatic nitrogens is 3. The van der Waals surface area contributed by atoms with E-state index < -0.39 is 0 Å². The molecule has 0 aliphatic carbocycles. The third kappa shape index (κ3) is 5.10. The Bertz CT molecular complexity index is 2380. The third-order valence-corrected chi connectivity index (χ3v) is 8.26. The fourth-order valence-electron chi connectivity index (χ4n) is 5.99. The molecule has 46 heavy (non-hydrogen) atoms. The van der Waals surface area contributed by atoms with Crippen molar-refractivity contribution >= 4 is 33.5 Å². The summed E-state index contributed by atoms with van der Waals surface area (Å²) in [5.41, 5.74) is 8.51. The van der Waals surface area contributed by atoms with Crippen molar-refractivity contribution in [2.24, 2.45) is 0 Å². The van der Waals surface area contributed by atoms with Crippen LogP contribution in [0.15, 0.2) is 175 Å². The van der Waals surface area contributed by atoms with Gasteiger partial charge in [-0.3, -0.25) is 4.40 Å². The van der Waals surface area contributed by atoms with Gasteiger partial charge in [0.2, 0.25) is 0 Å². The maximum atomic E-state index is 13.2. The average Bonchev–Trinajstić information content (AvgIpc) is 3.13. The molecule has 0 saturated carbocycles. The van der Waals surface area contributed by atoms with Gasteiger partial charge in [0.1, 0.15) is 0 Å². The molecule has 2 aromatic heterocycles. The lowest BCUT2D eigenvalue weighted by atomic mass is 10.0. The van der Waals surface area contributed by atoms with Crippen LogP contribution in [0.2, 0.25) is 0 Å². The van der Waals surface area contributed by atoms with E-state index in [0.717, 1.165) is 50.1 Å². The molecule has 0 saturated heterocycles. The molecule has 0 N–H and O–H groups in total.